The van der Waals surface area contributed by atoms with Crippen LogP contribution in [0.2, 0.25) is 0 Å². The van der Waals surface area contributed by atoms with E-state index >= 15 is 0 Å². The molecule has 0 amide bonds. The standard InChI is InChI=1S/C17H23NO2/c1-4-18-10-14-9-17(19-11-14)12-20-16-7-5-15(6-8-16)13(2)3/h5-9,11,13,18H,4,10,12H2,1-3H3. The Bertz CT molecular complexity index is 514. The van der Waals surface area contributed by atoms with Crippen molar-refractivity contribution >= 4 is 0 Å². The van der Waals surface area contributed by atoms with Gasteiger partial charge in [-0.3, -0.25) is 0 Å². The van der Waals surface area contributed by atoms with E-state index in [1.807, 2.05) is 18.2 Å². The topological polar surface area (TPSA) is 34.4 Å². The Morgan fingerprint density at radius 1 is 1.20 bits per heavy atom. The number of hydrogen-bond donors (Lipinski definition) is 1. The highest BCUT2D eigenvalue weighted by Gasteiger charge is 2.03. The average Bonchev–Trinajstić information content (AvgIpc) is 2.91. The molecule has 1 aromatic heterocycles. The summed E-state index contributed by atoms with van der Waals surface area (Å²) in [5.74, 6) is 2.27. The van der Waals surface area contributed by atoms with Gasteiger partial charge in [0, 0.05) is 12.1 Å². The minimum Gasteiger partial charge on any atom is -0.486 e. The van der Waals surface area contributed by atoms with Gasteiger partial charge in [0.1, 0.15) is 18.1 Å². The molecule has 1 heterocycles. The second kappa shape index (κ2) is 7.15. The van der Waals surface area contributed by atoms with Gasteiger partial charge < -0.3 is 14.5 Å². The minimum atomic E-state index is 0.465. The lowest BCUT2D eigenvalue weighted by molar-refractivity contribution is 0.270. The van der Waals surface area contributed by atoms with Crippen LogP contribution in [-0.2, 0) is 13.2 Å². The lowest BCUT2D eigenvalue weighted by Crippen LogP contribution is -2.10. The van der Waals surface area contributed by atoms with Gasteiger partial charge in [-0.25, -0.2) is 0 Å². The second-order valence-corrected chi connectivity index (χ2v) is 5.21. The Morgan fingerprint density at radius 3 is 2.60 bits per heavy atom. The molecule has 0 saturated heterocycles. The van der Waals surface area contributed by atoms with Crippen LogP contribution in [0.3, 0.4) is 0 Å². The van der Waals surface area contributed by atoms with Crippen LogP contribution in [0.5, 0.6) is 5.75 Å². The Balaban J connectivity index is 1.86. The smallest absolute Gasteiger partial charge is 0.146 e. The second-order valence-electron chi connectivity index (χ2n) is 5.21. The molecule has 2 rings (SSSR count). The van der Waals surface area contributed by atoms with Crippen LogP contribution in [0, 0.1) is 0 Å². The van der Waals surface area contributed by atoms with Crippen LogP contribution in [0.25, 0.3) is 0 Å². The van der Waals surface area contributed by atoms with Gasteiger partial charge in [-0.05, 0) is 36.2 Å². The first-order valence-electron chi connectivity index (χ1n) is 7.18. The third-order valence-corrected chi connectivity index (χ3v) is 3.22. The van der Waals surface area contributed by atoms with Crippen LogP contribution in [0.15, 0.2) is 41.0 Å². The van der Waals surface area contributed by atoms with E-state index in [0.29, 0.717) is 12.5 Å². The summed E-state index contributed by atoms with van der Waals surface area (Å²) in [6.45, 7) is 8.72. The molecule has 1 aromatic carbocycles. The molecule has 0 spiro atoms. The van der Waals surface area contributed by atoms with Gasteiger partial charge in [0.25, 0.3) is 0 Å². The van der Waals surface area contributed by atoms with Crippen LogP contribution in [0.4, 0.5) is 0 Å². The number of benzene rings is 1. The monoisotopic (exact) mass is 273 g/mol. The van der Waals surface area contributed by atoms with Crippen molar-refractivity contribution < 1.29 is 9.15 Å². The summed E-state index contributed by atoms with van der Waals surface area (Å²) in [7, 11) is 0. The van der Waals surface area contributed by atoms with Crippen molar-refractivity contribution in [2.24, 2.45) is 0 Å². The number of ether oxygens (including phenoxy) is 1. The molecule has 20 heavy (non-hydrogen) atoms. The zero-order valence-electron chi connectivity index (χ0n) is 12.5. The fraction of sp³-hybridized carbons (Fsp3) is 0.412. The highest BCUT2D eigenvalue weighted by molar-refractivity contribution is 5.29. The van der Waals surface area contributed by atoms with E-state index in [2.05, 4.69) is 38.2 Å². The molecule has 0 aliphatic heterocycles. The van der Waals surface area contributed by atoms with E-state index in [9.17, 15) is 0 Å². The van der Waals surface area contributed by atoms with E-state index < -0.39 is 0 Å². The van der Waals surface area contributed by atoms with Crippen molar-refractivity contribution in [3.8, 4) is 5.75 Å². The zero-order valence-corrected chi connectivity index (χ0v) is 12.5. The van der Waals surface area contributed by atoms with Crippen molar-refractivity contribution in [3.63, 3.8) is 0 Å². The van der Waals surface area contributed by atoms with Gasteiger partial charge in [0.15, 0.2) is 0 Å². The Labute approximate surface area is 121 Å². The normalized spacial score (nSPS) is 11.0. The van der Waals surface area contributed by atoms with Crippen molar-refractivity contribution in [1.29, 1.82) is 0 Å². The van der Waals surface area contributed by atoms with Gasteiger partial charge in [0.05, 0.1) is 6.26 Å². The van der Waals surface area contributed by atoms with Gasteiger partial charge in [-0.15, -0.1) is 0 Å². The Morgan fingerprint density at radius 2 is 1.95 bits per heavy atom. The summed E-state index contributed by atoms with van der Waals surface area (Å²) in [6.07, 6.45) is 1.78. The fourth-order valence-corrected chi connectivity index (χ4v) is 1.97. The molecule has 0 bridgehead atoms. The maximum Gasteiger partial charge on any atom is 0.146 e. The van der Waals surface area contributed by atoms with Crippen LogP contribution in [0.1, 0.15) is 43.6 Å². The molecular weight excluding hydrogens is 250 g/mol. The van der Waals surface area contributed by atoms with Crippen LogP contribution in [-0.4, -0.2) is 6.54 Å². The maximum absolute atomic E-state index is 5.73. The van der Waals surface area contributed by atoms with Crippen LogP contribution < -0.4 is 10.1 Å². The highest BCUT2D eigenvalue weighted by Crippen LogP contribution is 2.19. The predicted molar refractivity (Wildman–Crippen MR) is 81.0 cm³/mol. The molecule has 0 fully saturated rings. The summed E-state index contributed by atoms with van der Waals surface area (Å²) in [4.78, 5) is 0. The summed E-state index contributed by atoms with van der Waals surface area (Å²) < 4.78 is 11.2. The Hall–Kier alpha value is -1.74. The third-order valence-electron chi connectivity index (χ3n) is 3.22. The van der Waals surface area contributed by atoms with Crippen molar-refractivity contribution in [2.75, 3.05) is 6.54 Å². The third kappa shape index (κ3) is 4.14. The summed E-state index contributed by atoms with van der Waals surface area (Å²) >= 11 is 0. The molecule has 2 aromatic rings. The molecule has 108 valence electrons. The maximum atomic E-state index is 5.73. The molecule has 0 radical (unpaired) electrons. The van der Waals surface area contributed by atoms with Crippen molar-refractivity contribution in [3.05, 3.63) is 53.5 Å². The largest absolute Gasteiger partial charge is 0.486 e. The number of nitrogens with one attached hydrogen (secondary N) is 1. The minimum absolute atomic E-state index is 0.465. The number of hydrogen-bond acceptors (Lipinski definition) is 3. The molecular formula is C17H23NO2. The molecule has 0 saturated carbocycles. The quantitative estimate of drug-likeness (QED) is 0.825. The average molecular weight is 273 g/mol. The van der Waals surface area contributed by atoms with E-state index in [-0.39, 0.29) is 0 Å². The van der Waals surface area contributed by atoms with E-state index in [1.165, 1.54) is 5.56 Å². The summed E-state index contributed by atoms with van der Waals surface area (Å²) in [5.41, 5.74) is 2.48. The first kappa shape index (κ1) is 14.7. The lowest BCUT2D eigenvalue weighted by Gasteiger charge is -2.07. The fourth-order valence-electron chi connectivity index (χ4n) is 1.97. The van der Waals surface area contributed by atoms with E-state index in [0.717, 1.165) is 30.2 Å². The number of furan rings is 1. The first-order valence-corrected chi connectivity index (χ1v) is 7.18. The Kier molecular flexibility index (Phi) is 5.24. The van der Waals surface area contributed by atoms with Crippen molar-refractivity contribution in [1.82, 2.24) is 5.32 Å². The van der Waals surface area contributed by atoms with Gasteiger partial charge in [-0.1, -0.05) is 32.9 Å². The van der Waals surface area contributed by atoms with Gasteiger partial charge in [-0.2, -0.15) is 0 Å². The molecule has 3 heteroatoms. The van der Waals surface area contributed by atoms with Gasteiger partial charge >= 0.3 is 0 Å². The molecule has 1 N–H and O–H groups in total. The summed E-state index contributed by atoms with van der Waals surface area (Å²) in [6, 6.07) is 10.3. The lowest BCUT2D eigenvalue weighted by atomic mass is 10.0. The molecule has 0 unspecified atom stereocenters. The molecule has 0 aliphatic carbocycles. The number of rotatable bonds is 7. The van der Waals surface area contributed by atoms with E-state index in [4.69, 9.17) is 9.15 Å². The molecule has 3 nitrogen and oxygen atoms in total. The summed E-state index contributed by atoms with van der Waals surface area (Å²) in [5, 5.41) is 3.27. The molecule has 0 aliphatic rings. The first-order chi connectivity index (χ1) is 9.69. The van der Waals surface area contributed by atoms with Crippen molar-refractivity contribution in [2.45, 2.75) is 39.8 Å². The van der Waals surface area contributed by atoms with Crippen LogP contribution >= 0.6 is 0 Å². The van der Waals surface area contributed by atoms with Gasteiger partial charge in [0.2, 0.25) is 0 Å². The zero-order chi connectivity index (χ0) is 14.4. The van der Waals surface area contributed by atoms with E-state index in [1.54, 1.807) is 6.26 Å². The SMILES string of the molecule is CCNCc1coc(COc2ccc(C(C)C)cc2)c1. The molecule has 0 atom stereocenters. The highest BCUT2D eigenvalue weighted by atomic mass is 16.5. The predicted octanol–water partition coefficient (Wildman–Crippen LogP) is 4.09.